The van der Waals surface area contributed by atoms with E-state index in [4.69, 9.17) is 15.1 Å². The Hall–Kier alpha value is -3.85. The summed E-state index contributed by atoms with van der Waals surface area (Å²) in [4.78, 5) is 27.2. The number of rotatable bonds is 5. The molecule has 1 aliphatic heterocycles. The molecule has 1 amide bonds. The van der Waals surface area contributed by atoms with Gasteiger partial charge in [-0.25, -0.2) is 19.5 Å². The minimum absolute atomic E-state index is 0.0760. The Labute approximate surface area is 171 Å². The lowest BCUT2D eigenvalue weighted by Crippen LogP contribution is -2.20. The fraction of sp³-hybridized carbons (Fsp3) is 0.190. The lowest BCUT2D eigenvalue weighted by molar-refractivity contribution is 0.0974. The summed E-state index contributed by atoms with van der Waals surface area (Å²) >= 11 is 0. The predicted octanol–water partition coefficient (Wildman–Crippen LogP) is 2.46. The molecule has 9 heteroatoms. The molecule has 1 fully saturated rings. The Morgan fingerprint density at radius 3 is 2.90 bits per heavy atom. The van der Waals surface area contributed by atoms with Gasteiger partial charge in [0.1, 0.15) is 12.6 Å². The minimum Gasteiger partial charge on any atom is -0.458 e. The molecule has 2 N–H and O–H groups in total. The largest absolute Gasteiger partial charge is 0.458 e. The molecule has 1 aliphatic rings. The quantitative estimate of drug-likeness (QED) is 0.549. The summed E-state index contributed by atoms with van der Waals surface area (Å²) in [7, 11) is 0. The SMILES string of the molecule is NC(=O)c1cc(-c2cnc(N=C3CCN(Cc4ccccc4)C3)c3ncnn23)co1. The van der Waals surface area contributed by atoms with Crippen molar-refractivity contribution in [1.82, 2.24) is 24.5 Å². The zero-order valence-corrected chi connectivity index (χ0v) is 16.1. The molecule has 0 unspecified atom stereocenters. The second kappa shape index (κ2) is 7.53. The van der Waals surface area contributed by atoms with E-state index in [0.717, 1.165) is 31.8 Å². The number of hydrogen-bond donors (Lipinski definition) is 1. The standard InChI is InChI=1S/C21H19N7O2/c22-19(29)18-8-15(12-30-18)17-9-23-20(21-24-13-25-28(17)21)26-16-6-7-27(11-16)10-14-4-2-1-3-5-14/h1-5,8-9,12-13H,6-7,10-11H2,(H2,22,29). The third-order valence-corrected chi connectivity index (χ3v) is 5.06. The zero-order valence-electron chi connectivity index (χ0n) is 16.1. The molecule has 9 nitrogen and oxygen atoms in total. The number of amides is 1. The summed E-state index contributed by atoms with van der Waals surface area (Å²) in [6.07, 6.45) is 5.44. The molecule has 4 aromatic rings. The van der Waals surface area contributed by atoms with Gasteiger partial charge in [0.2, 0.25) is 5.65 Å². The van der Waals surface area contributed by atoms with Gasteiger partial charge in [-0.1, -0.05) is 30.3 Å². The van der Waals surface area contributed by atoms with Gasteiger partial charge in [0.05, 0.1) is 11.9 Å². The number of aromatic nitrogens is 4. The number of fused-ring (bicyclic) bond motifs is 1. The Bertz CT molecular complexity index is 1240. The average molecular weight is 401 g/mol. The maximum absolute atomic E-state index is 11.3. The van der Waals surface area contributed by atoms with Gasteiger partial charge in [0.25, 0.3) is 5.91 Å². The zero-order chi connectivity index (χ0) is 20.5. The van der Waals surface area contributed by atoms with Crippen LogP contribution < -0.4 is 5.73 Å². The van der Waals surface area contributed by atoms with Crippen LogP contribution in [0.5, 0.6) is 0 Å². The summed E-state index contributed by atoms with van der Waals surface area (Å²) in [5, 5.41) is 4.28. The van der Waals surface area contributed by atoms with Crippen LogP contribution in [0.15, 0.2) is 64.6 Å². The average Bonchev–Trinajstić information content (AvgIpc) is 3.50. The highest BCUT2D eigenvalue weighted by Gasteiger charge is 2.20. The molecular formula is C21H19N7O2. The van der Waals surface area contributed by atoms with E-state index in [0.29, 0.717) is 22.7 Å². The van der Waals surface area contributed by atoms with Crippen molar-refractivity contribution < 1.29 is 9.21 Å². The van der Waals surface area contributed by atoms with Crippen LogP contribution in [0.4, 0.5) is 5.82 Å². The number of aliphatic imine (C=N–C) groups is 1. The second-order valence-electron chi connectivity index (χ2n) is 7.15. The topological polar surface area (TPSA) is 115 Å². The highest BCUT2D eigenvalue weighted by Crippen LogP contribution is 2.26. The highest BCUT2D eigenvalue weighted by molar-refractivity contribution is 5.92. The molecule has 0 bridgehead atoms. The van der Waals surface area contributed by atoms with Crippen LogP contribution in [0.25, 0.3) is 16.9 Å². The molecule has 0 saturated carbocycles. The second-order valence-corrected chi connectivity index (χ2v) is 7.15. The van der Waals surface area contributed by atoms with Gasteiger partial charge in [-0.2, -0.15) is 5.10 Å². The van der Waals surface area contributed by atoms with Crippen molar-refractivity contribution in [1.29, 1.82) is 0 Å². The molecule has 3 aromatic heterocycles. The molecular weight excluding hydrogens is 382 g/mol. The number of nitrogens with two attached hydrogens (primary N) is 1. The predicted molar refractivity (Wildman–Crippen MR) is 110 cm³/mol. The molecule has 30 heavy (non-hydrogen) atoms. The minimum atomic E-state index is -0.631. The van der Waals surface area contributed by atoms with E-state index in [2.05, 4.69) is 44.2 Å². The summed E-state index contributed by atoms with van der Waals surface area (Å²) in [5.41, 5.74) is 9.45. The van der Waals surface area contributed by atoms with Crippen LogP contribution in [-0.4, -0.2) is 49.2 Å². The maximum Gasteiger partial charge on any atom is 0.284 e. The molecule has 4 heterocycles. The van der Waals surface area contributed by atoms with Crippen LogP contribution >= 0.6 is 0 Å². The number of nitrogens with zero attached hydrogens (tertiary/aromatic N) is 6. The van der Waals surface area contributed by atoms with Gasteiger partial charge in [-0.3, -0.25) is 9.69 Å². The van der Waals surface area contributed by atoms with Gasteiger partial charge in [0.15, 0.2) is 11.6 Å². The molecule has 0 spiro atoms. The number of carbonyl (C=O) groups is 1. The van der Waals surface area contributed by atoms with Gasteiger partial charge >= 0.3 is 0 Å². The van der Waals surface area contributed by atoms with Gasteiger partial charge < -0.3 is 10.2 Å². The van der Waals surface area contributed by atoms with Crippen molar-refractivity contribution >= 4 is 23.1 Å². The van der Waals surface area contributed by atoms with Crippen LogP contribution in [-0.2, 0) is 6.54 Å². The number of furan rings is 1. The van der Waals surface area contributed by atoms with E-state index in [1.165, 1.54) is 18.2 Å². The van der Waals surface area contributed by atoms with Gasteiger partial charge in [-0.15, -0.1) is 0 Å². The normalized spacial score (nSPS) is 15.9. The summed E-state index contributed by atoms with van der Waals surface area (Å²) in [6.45, 7) is 2.65. The number of benzene rings is 1. The van der Waals surface area contributed by atoms with E-state index in [-0.39, 0.29) is 5.76 Å². The number of carbonyl (C=O) groups excluding carboxylic acids is 1. The van der Waals surface area contributed by atoms with Gasteiger partial charge in [0, 0.05) is 30.9 Å². The Kier molecular flexibility index (Phi) is 4.56. The first-order chi connectivity index (χ1) is 14.7. The molecule has 150 valence electrons. The van der Waals surface area contributed by atoms with Crippen LogP contribution in [0.2, 0.25) is 0 Å². The third kappa shape index (κ3) is 3.46. The first kappa shape index (κ1) is 18.2. The third-order valence-electron chi connectivity index (χ3n) is 5.06. The lowest BCUT2D eigenvalue weighted by Gasteiger charge is -2.13. The molecule has 5 rings (SSSR count). The van der Waals surface area contributed by atoms with Crippen molar-refractivity contribution in [3.05, 3.63) is 66.5 Å². The van der Waals surface area contributed by atoms with Crippen molar-refractivity contribution in [2.24, 2.45) is 10.7 Å². The van der Waals surface area contributed by atoms with Crippen molar-refractivity contribution in [3.63, 3.8) is 0 Å². The fourth-order valence-electron chi connectivity index (χ4n) is 3.60. The van der Waals surface area contributed by atoms with Crippen LogP contribution in [0.3, 0.4) is 0 Å². The van der Waals surface area contributed by atoms with E-state index >= 15 is 0 Å². The van der Waals surface area contributed by atoms with Crippen LogP contribution in [0.1, 0.15) is 22.5 Å². The van der Waals surface area contributed by atoms with E-state index in [1.54, 1.807) is 16.8 Å². The van der Waals surface area contributed by atoms with Crippen LogP contribution in [0, 0.1) is 0 Å². The summed E-state index contributed by atoms with van der Waals surface area (Å²) in [6, 6.07) is 12.0. The smallest absolute Gasteiger partial charge is 0.284 e. The highest BCUT2D eigenvalue weighted by atomic mass is 16.3. The molecule has 1 saturated heterocycles. The van der Waals surface area contributed by atoms with E-state index in [9.17, 15) is 4.79 Å². The number of likely N-dealkylation sites (tertiary alicyclic amines) is 1. The van der Waals surface area contributed by atoms with E-state index in [1.807, 2.05) is 6.07 Å². The number of hydrogen-bond acceptors (Lipinski definition) is 7. The number of primary amides is 1. The molecule has 0 aliphatic carbocycles. The Morgan fingerprint density at radius 1 is 1.23 bits per heavy atom. The maximum atomic E-state index is 11.3. The first-order valence-electron chi connectivity index (χ1n) is 9.57. The first-order valence-corrected chi connectivity index (χ1v) is 9.57. The molecule has 0 atom stereocenters. The van der Waals surface area contributed by atoms with Crippen molar-refractivity contribution in [2.45, 2.75) is 13.0 Å². The molecule has 1 aromatic carbocycles. The fourth-order valence-corrected chi connectivity index (χ4v) is 3.60. The Balaban J connectivity index is 1.40. The summed E-state index contributed by atoms with van der Waals surface area (Å²) in [5.74, 6) is -0.0353. The van der Waals surface area contributed by atoms with Crippen molar-refractivity contribution in [3.8, 4) is 11.3 Å². The lowest BCUT2D eigenvalue weighted by atomic mass is 10.2. The van der Waals surface area contributed by atoms with Crippen molar-refractivity contribution in [2.75, 3.05) is 13.1 Å². The molecule has 0 radical (unpaired) electrons. The Morgan fingerprint density at radius 2 is 2.10 bits per heavy atom. The summed E-state index contributed by atoms with van der Waals surface area (Å²) < 4.78 is 6.85. The van der Waals surface area contributed by atoms with Gasteiger partial charge in [-0.05, 0) is 18.1 Å². The van der Waals surface area contributed by atoms with E-state index < -0.39 is 5.91 Å². The monoisotopic (exact) mass is 401 g/mol.